The van der Waals surface area contributed by atoms with Crippen molar-refractivity contribution in [2.24, 2.45) is 28.6 Å². The second-order valence-electron chi connectivity index (χ2n) is 15.8. The molecule has 5 aliphatic carbocycles. The Hall–Kier alpha value is -2.25. The molecule has 0 aromatic heterocycles. The molecule has 0 bridgehead atoms. The van der Waals surface area contributed by atoms with Crippen molar-refractivity contribution in [2.45, 2.75) is 115 Å². The zero-order valence-corrected chi connectivity index (χ0v) is 35.1. The number of amides is 1. The number of nitrogens with one attached hydrogen (secondary N) is 1. The second-order valence-corrected chi connectivity index (χ2v) is 19.6. The van der Waals surface area contributed by atoms with Gasteiger partial charge in [0.25, 0.3) is 0 Å². The zero-order valence-electron chi connectivity index (χ0n) is 32.5. The third-order valence-electron chi connectivity index (χ3n) is 12.4. The van der Waals surface area contributed by atoms with Gasteiger partial charge < -0.3 is 24.6 Å². The fourth-order valence-corrected chi connectivity index (χ4v) is 12.8. The highest BCUT2D eigenvalue weighted by Crippen LogP contribution is 2.74. The lowest BCUT2D eigenvalue weighted by atomic mass is 9.44. The normalized spacial score (nSPS) is 38.0. The minimum Gasteiger partial charge on any atom is -0.483 e. The lowest BCUT2D eigenvalue weighted by Crippen LogP contribution is -2.71. The molecule has 3 saturated carbocycles. The van der Waals surface area contributed by atoms with E-state index in [-0.39, 0.29) is 37.3 Å². The van der Waals surface area contributed by atoms with E-state index in [9.17, 15) is 37.7 Å². The van der Waals surface area contributed by atoms with E-state index >= 15 is 8.78 Å². The Morgan fingerprint density at radius 3 is 2.58 bits per heavy atom. The summed E-state index contributed by atoms with van der Waals surface area (Å²) in [5, 5.41) is 1.68. The van der Waals surface area contributed by atoms with Gasteiger partial charge in [0.2, 0.25) is 11.0 Å². The second kappa shape index (κ2) is 17.8. The van der Waals surface area contributed by atoms with E-state index in [4.69, 9.17) is 18.5 Å². The molecule has 0 aromatic rings. The molecule has 0 radical (unpaired) electrons. The van der Waals surface area contributed by atoms with Crippen molar-refractivity contribution in [3.05, 3.63) is 36.1 Å². The fourth-order valence-electron chi connectivity index (χ4n) is 9.77. The van der Waals surface area contributed by atoms with Gasteiger partial charge in [-0.15, -0.1) is 5.92 Å². The van der Waals surface area contributed by atoms with Gasteiger partial charge in [-0.1, -0.05) is 45.8 Å². The third-order valence-corrected chi connectivity index (χ3v) is 15.8. The Labute approximate surface area is 335 Å². The summed E-state index contributed by atoms with van der Waals surface area (Å²) < 4.78 is 102. The van der Waals surface area contributed by atoms with Crippen LogP contribution in [-0.2, 0) is 46.3 Å². The highest BCUT2D eigenvalue weighted by molar-refractivity contribution is 8.13. The standard InChI is InChI=1S/C38H52F3NO12P2S/c1-6-25(3)52-38(34(45)57-23-39)24(2)18-28-29-20-31(40)30-19-26(43)14-15-35(30,4)37(29,41)32(21-36(28,38)5)53-56(48,49)54-55(46,47)51-17-16-42-33(44)22-50-27-12-10-8-7-9-11-13-27/h14-15,19,24,27-29,31-32H,3,6-10,12,16-18,20-23H2,1-2,4-5H3,(H,42,44)(H,46,47)(H,48,49)/t24-,27?,28+,29+,31+,32+,35+,36+,37+,38+/m1/s1. The maximum Gasteiger partial charge on any atom is 0.481 e. The molecule has 13 nitrogen and oxygen atoms in total. The van der Waals surface area contributed by atoms with Crippen LogP contribution in [-0.4, -0.2) is 82.0 Å². The summed E-state index contributed by atoms with van der Waals surface area (Å²) in [5.41, 5.74) is -8.37. The molecule has 0 saturated heterocycles. The van der Waals surface area contributed by atoms with Crippen LogP contribution in [0, 0.1) is 40.4 Å². The molecule has 3 unspecified atom stereocenters. The molecule has 0 spiro atoms. The van der Waals surface area contributed by atoms with Crippen molar-refractivity contribution in [1.29, 1.82) is 0 Å². The molecule has 318 valence electrons. The van der Waals surface area contributed by atoms with Crippen LogP contribution in [0.15, 0.2) is 36.1 Å². The van der Waals surface area contributed by atoms with Crippen LogP contribution in [0.2, 0.25) is 0 Å². The quantitative estimate of drug-likeness (QED) is 0.0616. The van der Waals surface area contributed by atoms with Crippen LogP contribution in [0.25, 0.3) is 0 Å². The first kappa shape index (κ1) is 45.8. The summed E-state index contributed by atoms with van der Waals surface area (Å²) in [6.45, 7) is 8.85. The van der Waals surface area contributed by atoms with E-state index in [0.717, 1.165) is 37.8 Å². The number of ether oxygens (including phenoxy) is 2. The molecule has 0 heterocycles. The molecule has 19 heteroatoms. The minimum atomic E-state index is -5.80. The highest BCUT2D eigenvalue weighted by Gasteiger charge is 2.79. The van der Waals surface area contributed by atoms with Gasteiger partial charge in [-0.2, -0.15) is 4.31 Å². The SMILES string of the molecule is C=C(CC)O[C@]1(C(=O)SCF)[C@H](C)C[C@H]2[C@@H]3C[C@H](F)C4=CC(=O)C=C[C@]4(C)[C@@]3(F)[C@@H](OP(=O)(O)OP(=O)(O)OCCNC(=O)COC3C#CCCCCC3)C[C@@]21C. The first-order valence-electron chi connectivity index (χ1n) is 19.1. The van der Waals surface area contributed by atoms with Crippen molar-refractivity contribution in [1.82, 2.24) is 5.32 Å². The Morgan fingerprint density at radius 2 is 1.88 bits per heavy atom. The third kappa shape index (κ3) is 8.96. The largest absolute Gasteiger partial charge is 0.483 e. The molecule has 12 atom stereocenters. The highest BCUT2D eigenvalue weighted by atomic mass is 32.2. The average molecular weight is 866 g/mol. The molecule has 5 aliphatic rings. The summed E-state index contributed by atoms with van der Waals surface area (Å²) in [6.07, 6.45) is 2.47. The number of rotatable bonds is 16. The number of hydrogen-bond donors (Lipinski definition) is 3. The molecule has 1 amide bonds. The van der Waals surface area contributed by atoms with Gasteiger partial charge in [0.1, 0.15) is 31.0 Å². The van der Waals surface area contributed by atoms with Gasteiger partial charge >= 0.3 is 15.6 Å². The van der Waals surface area contributed by atoms with E-state index in [1.165, 1.54) is 13.0 Å². The van der Waals surface area contributed by atoms with Crippen LogP contribution in [0.4, 0.5) is 13.2 Å². The minimum absolute atomic E-state index is 0.101. The Bertz CT molecular complexity index is 1820. The number of allylic oxidation sites excluding steroid dienone is 5. The topological polar surface area (TPSA) is 184 Å². The van der Waals surface area contributed by atoms with Gasteiger partial charge in [-0.05, 0) is 80.9 Å². The molecule has 3 N–H and O–H groups in total. The number of ketones is 1. The first-order valence-corrected chi connectivity index (χ1v) is 23.1. The Balaban J connectivity index is 1.39. The Morgan fingerprint density at radius 1 is 1.14 bits per heavy atom. The molecule has 0 aliphatic heterocycles. The number of carbonyl (C=O) groups is 3. The number of fused-ring (bicyclic) bond motifs is 5. The maximum absolute atomic E-state index is 18.7. The van der Waals surface area contributed by atoms with Crippen LogP contribution < -0.4 is 5.32 Å². The molecule has 57 heavy (non-hydrogen) atoms. The lowest BCUT2D eigenvalue weighted by molar-refractivity contribution is -0.220. The summed E-state index contributed by atoms with van der Waals surface area (Å²) in [7, 11) is -11.3. The van der Waals surface area contributed by atoms with Gasteiger partial charge in [0, 0.05) is 42.1 Å². The van der Waals surface area contributed by atoms with Crippen LogP contribution in [0.3, 0.4) is 0 Å². The van der Waals surface area contributed by atoms with E-state index in [0.29, 0.717) is 18.2 Å². The van der Waals surface area contributed by atoms with Crippen LogP contribution in [0.1, 0.15) is 85.5 Å². The molecular weight excluding hydrogens is 813 g/mol. The van der Waals surface area contributed by atoms with Crippen molar-refractivity contribution >= 4 is 44.2 Å². The van der Waals surface area contributed by atoms with Crippen LogP contribution in [0.5, 0.6) is 0 Å². The van der Waals surface area contributed by atoms with Gasteiger partial charge in [0.15, 0.2) is 17.1 Å². The molecule has 0 aromatic carbocycles. The van der Waals surface area contributed by atoms with E-state index < -0.39 is 116 Å². The lowest BCUT2D eigenvalue weighted by Gasteiger charge is -2.63. The summed E-state index contributed by atoms with van der Waals surface area (Å²) in [6, 6.07) is -1.12. The molecule has 5 rings (SSSR count). The molecule has 3 fully saturated rings. The summed E-state index contributed by atoms with van der Waals surface area (Å²) >= 11 is 0.336. The smallest absolute Gasteiger partial charge is 0.481 e. The maximum atomic E-state index is 18.7. The monoisotopic (exact) mass is 865 g/mol. The fraction of sp³-hybridized carbons (Fsp3) is 0.711. The zero-order chi connectivity index (χ0) is 42.0. The number of hydrogen-bond acceptors (Lipinski definition) is 11. The van der Waals surface area contributed by atoms with Gasteiger partial charge in [0.05, 0.1) is 12.4 Å². The average Bonchev–Trinajstić information content (AvgIpc) is 3.33. The number of halogens is 3. The number of thioether (sulfide) groups is 1. The predicted molar refractivity (Wildman–Crippen MR) is 204 cm³/mol. The number of carbonyl (C=O) groups excluding carboxylic acids is 3. The van der Waals surface area contributed by atoms with Crippen molar-refractivity contribution < 1.29 is 69.3 Å². The van der Waals surface area contributed by atoms with Crippen molar-refractivity contribution in [2.75, 3.05) is 25.8 Å². The first-order chi connectivity index (χ1) is 26.7. The number of alkyl halides is 3. The van der Waals surface area contributed by atoms with Crippen LogP contribution >= 0.6 is 27.4 Å². The summed E-state index contributed by atoms with van der Waals surface area (Å²) in [5.74, 6) is 2.02. The number of phosphoric ester groups is 2. The Kier molecular flexibility index (Phi) is 14.3. The predicted octanol–water partition coefficient (Wildman–Crippen LogP) is 7.14. The van der Waals surface area contributed by atoms with E-state index in [2.05, 4.69) is 28.0 Å². The molecular formula is C38H52F3NO12P2S. The number of phosphoric acid groups is 2. The van der Waals surface area contributed by atoms with Gasteiger partial charge in [-0.3, -0.25) is 23.4 Å². The van der Waals surface area contributed by atoms with Gasteiger partial charge in [-0.25, -0.2) is 22.3 Å². The van der Waals surface area contributed by atoms with Crippen molar-refractivity contribution in [3.8, 4) is 11.8 Å². The van der Waals surface area contributed by atoms with E-state index in [1.54, 1.807) is 20.8 Å². The summed E-state index contributed by atoms with van der Waals surface area (Å²) in [4.78, 5) is 60.3. The van der Waals surface area contributed by atoms with Crippen molar-refractivity contribution in [3.63, 3.8) is 0 Å². The van der Waals surface area contributed by atoms with E-state index in [1.807, 2.05) is 0 Å².